The Hall–Kier alpha value is -2.49. The number of nitrogens with zero attached hydrogens (tertiary/aromatic N) is 2. The summed E-state index contributed by atoms with van der Waals surface area (Å²) in [7, 11) is -3.00. The summed E-state index contributed by atoms with van der Waals surface area (Å²) in [5.41, 5.74) is 1.34. The van der Waals surface area contributed by atoms with Crippen LogP contribution in [-0.4, -0.2) is 43.7 Å². The Labute approximate surface area is 179 Å². The van der Waals surface area contributed by atoms with Crippen molar-refractivity contribution in [3.63, 3.8) is 0 Å². The molecule has 0 radical (unpaired) electrons. The second-order valence-corrected chi connectivity index (χ2v) is 9.33. The van der Waals surface area contributed by atoms with Crippen LogP contribution in [0.2, 0.25) is 5.02 Å². The highest BCUT2D eigenvalue weighted by atomic mass is 35.5. The van der Waals surface area contributed by atoms with E-state index in [4.69, 9.17) is 16.3 Å². The van der Waals surface area contributed by atoms with Gasteiger partial charge in [-0.3, -0.25) is 0 Å². The van der Waals surface area contributed by atoms with Gasteiger partial charge in [0.15, 0.2) is 9.84 Å². The van der Waals surface area contributed by atoms with Gasteiger partial charge in [-0.25, -0.2) is 22.8 Å². The van der Waals surface area contributed by atoms with Crippen LogP contribution in [-0.2, 0) is 9.84 Å². The highest BCUT2D eigenvalue weighted by molar-refractivity contribution is 7.90. The SMILES string of the molecule is CS(=O)(=O)CNCCCCOc1ccc2ncnc(Nc3ccc(F)c(Cl)c3)c2c1. The number of unbranched alkanes of at least 4 members (excludes halogenated alkanes) is 1. The number of benzene rings is 2. The number of hydrogen-bond donors (Lipinski definition) is 2. The van der Waals surface area contributed by atoms with Gasteiger partial charge in [-0.2, -0.15) is 0 Å². The van der Waals surface area contributed by atoms with Crippen molar-refractivity contribution in [3.05, 3.63) is 53.6 Å². The number of sulfone groups is 1. The quantitative estimate of drug-likeness (QED) is 0.450. The van der Waals surface area contributed by atoms with E-state index in [1.165, 1.54) is 24.7 Å². The summed E-state index contributed by atoms with van der Waals surface area (Å²) in [6.07, 6.45) is 4.21. The lowest BCUT2D eigenvalue weighted by atomic mass is 10.2. The second-order valence-electron chi connectivity index (χ2n) is 6.78. The maximum atomic E-state index is 13.4. The fourth-order valence-electron chi connectivity index (χ4n) is 2.74. The van der Waals surface area contributed by atoms with Crippen molar-refractivity contribution in [1.29, 1.82) is 0 Å². The number of aromatic nitrogens is 2. The standard InChI is InChI=1S/C20H22ClFN4O3S/c1-30(27,28)13-23-8-2-3-9-29-15-5-7-19-16(11-15)20(25-12-24-19)26-14-4-6-18(22)17(21)10-14/h4-7,10-12,23H,2-3,8-9,13H2,1H3,(H,24,25,26). The van der Waals surface area contributed by atoms with Gasteiger partial charge in [0.05, 0.1) is 23.0 Å². The fraction of sp³-hybridized carbons (Fsp3) is 0.300. The minimum atomic E-state index is -3.00. The lowest BCUT2D eigenvalue weighted by Gasteiger charge is -2.11. The summed E-state index contributed by atoms with van der Waals surface area (Å²) in [5.74, 6) is 0.713. The van der Waals surface area contributed by atoms with Crippen LogP contribution in [0.3, 0.4) is 0 Å². The van der Waals surface area contributed by atoms with E-state index in [2.05, 4.69) is 20.6 Å². The van der Waals surface area contributed by atoms with Gasteiger partial charge in [0.2, 0.25) is 0 Å². The Morgan fingerprint density at radius 2 is 1.97 bits per heavy atom. The fourth-order valence-corrected chi connectivity index (χ4v) is 3.43. The Morgan fingerprint density at radius 1 is 1.13 bits per heavy atom. The van der Waals surface area contributed by atoms with Crippen LogP contribution in [0.5, 0.6) is 5.75 Å². The minimum Gasteiger partial charge on any atom is -0.494 e. The molecule has 30 heavy (non-hydrogen) atoms. The first kappa shape index (κ1) is 22.2. The van der Waals surface area contributed by atoms with Crippen LogP contribution >= 0.6 is 11.6 Å². The summed E-state index contributed by atoms with van der Waals surface area (Å²) in [6.45, 7) is 1.10. The summed E-state index contributed by atoms with van der Waals surface area (Å²) >= 11 is 5.85. The van der Waals surface area contributed by atoms with Crippen LogP contribution < -0.4 is 15.4 Å². The first-order chi connectivity index (χ1) is 14.3. The molecular weight excluding hydrogens is 431 g/mol. The molecule has 1 heterocycles. The molecule has 0 saturated carbocycles. The summed E-state index contributed by atoms with van der Waals surface area (Å²) in [6, 6.07) is 9.85. The number of fused-ring (bicyclic) bond motifs is 1. The zero-order chi connectivity index (χ0) is 21.6. The zero-order valence-electron chi connectivity index (χ0n) is 16.4. The van der Waals surface area contributed by atoms with Gasteiger partial charge in [-0.1, -0.05) is 11.6 Å². The number of anilines is 2. The molecule has 2 aromatic carbocycles. The van der Waals surface area contributed by atoms with Gasteiger partial charge in [0, 0.05) is 17.3 Å². The van der Waals surface area contributed by atoms with Crippen LogP contribution in [0.25, 0.3) is 10.9 Å². The Bertz CT molecular complexity index is 1130. The highest BCUT2D eigenvalue weighted by Gasteiger charge is 2.08. The van der Waals surface area contributed by atoms with Crippen molar-refractivity contribution in [3.8, 4) is 5.75 Å². The van der Waals surface area contributed by atoms with E-state index in [0.29, 0.717) is 30.4 Å². The van der Waals surface area contributed by atoms with Crippen molar-refractivity contribution in [2.45, 2.75) is 12.8 Å². The van der Waals surface area contributed by atoms with Crippen LogP contribution in [0.15, 0.2) is 42.7 Å². The van der Waals surface area contributed by atoms with E-state index in [1.54, 1.807) is 6.07 Å². The van der Waals surface area contributed by atoms with E-state index >= 15 is 0 Å². The molecular formula is C20H22ClFN4O3S. The summed E-state index contributed by atoms with van der Waals surface area (Å²) < 4.78 is 41.3. The molecule has 0 spiro atoms. The van der Waals surface area contributed by atoms with Crippen molar-refractivity contribution >= 4 is 43.8 Å². The maximum Gasteiger partial charge on any atom is 0.160 e. The topological polar surface area (TPSA) is 93.2 Å². The monoisotopic (exact) mass is 452 g/mol. The maximum absolute atomic E-state index is 13.4. The smallest absolute Gasteiger partial charge is 0.160 e. The predicted octanol–water partition coefficient (Wildman–Crippen LogP) is 3.92. The van der Waals surface area contributed by atoms with E-state index in [0.717, 1.165) is 23.7 Å². The van der Waals surface area contributed by atoms with E-state index < -0.39 is 15.7 Å². The van der Waals surface area contributed by atoms with Crippen molar-refractivity contribution in [2.24, 2.45) is 0 Å². The number of ether oxygens (including phenoxy) is 1. The lowest BCUT2D eigenvalue weighted by Crippen LogP contribution is -2.23. The molecule has 0 amide bonds. The molecule has 1 aromatic heterocycles. The first-order valence-corrected chi connectivity index (χ1v) is 11.7. The van der Waals surface area contributed by atoms with E-state index in [9.17, 15) is 12.8 Å². The number of nitrogens with one attached hydrogen (secondary N) is 2. The van der Waals surface area contributed by atoms with Crippen LogP contribution in [0, 0.1) is 5.82 Å². The Morgan fingerprint density at radius 3 is 2.73 bits per heavy atom. The predicted molar refractivity (Wildman–Crippen MR) is 117 cm³/mol. The molecule has 0 aliphatic rings. The largest absolute Gasteiger partial charge is 0.494 e. The first-order valence-electron chi connectivity index (χ1n) is 9.30. The average Bonchev–Trinajstić information content (AvgIpc) is 2.69. The zero-order valence-corrected chi connectivity index (χ0v) is 17.9. The molecule has 0 aliphatic carbocycles. The van der Waals surface area contributed by atoms with Crippen LogP contribution in [0.4, 0.5) is 15.9 Å². The summed E-state index contributed by atoms with van der Waals surface area (Å²) in [4.78, 5) is 8.53. The van der Waals surface area contributed by atoms with Gasteiger partial charge in [0.25, 0.3) is 0 Å². The van der Waals surface area contributed by atoms with Crippen LogP contribution in [0.1, 0.15) is 12.8 Å². The van der Waals surface area contributed by atoms with Gasteiger partial charge in [-0.15, -0.1) is 0 Å². The highest BCUT2D eigenvalue weighted by Crippen LogP contribution is 2.28. The van der Waals surface area contributed by atoms with Crippen molar-refractivity contribution in [1.82, 2.24) is 15.3 Å². The molecule has 0 aliphatic heterocycles. The Kier molecular flexibility index (Phi) is 7.41. The van der Waals surface area contributed by atoms with Crippen molar-refractivity contribution < 1.29 is 17.5 Å². The molecule has 0 bridgehead atoms. The van der Waals surface area contributed by atoms with E-state index in [1.807, 2.05) is 18.2 Å². The number of rotatable bonds is 10. The molecule has 0 atom stereocenters. The van der Waals surface area contributed by atoms with Gasteiger partial charge < -0.3 is 15.4 Å². The van der Waals surface area contributed by atoms with Gasteiger partial charge >= 0.3 is 0 Å². The molecule has 160 valence electrons. The summed E-state index contributed by atoms with van der Waals surface area (Å²) in [5, 5.41) is 6.79. The number of halogens is 2. The lowest BCUT2D eigenvalue weighted by molar-refractivity contribution is 0.306. The van der Waals surface area contributed by atoms with Gasteiger partial charge in [-0.05, 0) is 55.8 Å². The molecule has 0 saturated heterocycles. The Balaban J connectivity index is 1.61. The molecule has 0 unspecified atom stereocenters. The van der Waals surface area contributed by atoms with E-state index in [-0.39, 0.29) is 10.9 Å². The molecule has 10 heteroatoms. The molecule has 2 N–H and O–H groups in total. The molecule has 7 nitrogen and oxygen atoms in total. The second kappa shape index (κ2) is 10.0. The third-order valence-corrected chi connectivity index (χ3v) is 5.19. The molecule has 3 rings (SSSR count). The molecule has 0 fully saturated rings. The van der Waals surface area contributed by atoms with Crippen molar-refractivity contribution in [2.75, 3.05) is 30.6 Å². The minimum absolute atomic E-state index is 0.0203. The normalized spacial score (nSPS) is 11.6. The number of hydrogen-bond acceptors (Lipinski definition) is 7. The van der Waals surface area contributed by atoms with Gasteiger partial charge in [0.1, 0.15) is 23.7 Å². The third kappa shape index (κ3) is 6.51. The molecule has 3 aromatic rings. The third-order valence-electron chi connectivity index (χ3n) is 4.17. The average molecular weight is 453 g/mol.